The minimum atomic E-state index is 0.904. The number of allylic oxidation sites excluding steroid dienone is 1. The zero-order valence-electron chi connectivity index (χ0n) is 9.01. The molecule has 1 fully saturated rings. The molecule has 2 nitrogen and oxygen atoms in total. The molecule has 0 aromatic carbocycles. The molecule has 1 rings (SSSR count). The Balaban J connectivity index is 2.44. The van der Waals surface area contributed by atoms with Crippen molar-refractivity contribution in [1.82, 2.24) is 5.01 Å². The Hall–Kier alpha value is -0.790. The Labute approximate surface area is 81.3 Å². The molecule has 0 aromatic rings. The molecule has 0 radical (unpaired) electrons. The van der Waals surface area contributed by atoms with E-state index in [1.807, 2.05) is 13.8 Å². The first-order chi connectivity index (χ1) is 6.13. The van der Waals surface area contributed by atoms with Gasteiger partial charge in [0.15, 0.2) is 0 Å². The molecule has 0 atom stereocenters. The van der Waals surface area contributed by atoms with Gasteiger partial charge in [-0.2, -0.15) is 5.10 Å². The second kappa shape index (κ2) is 4.45. The first-order valence-electron chi connectivity index (χ1n) is 5.09. The van der Waals surface area contributed by atoms with Gasteiger partial charge >= 0.3 is 0 Å². The van der Waals surface area contributed by atoms with E-state index in [-0.39, 0.29) is 0 Å². The molecular formula is C11H20N2. The fourth-order valence-electron chi connectivity index (χ4n) is 1.14. The van der Waals surface area contributed by atoms with E-state index in [4.69, 9.17) is 0 Å². The van der Waals surface area contributed by atoms with E-state index in [1.54, 1.807) is 0 Å². The first kappa shape index (κ1) is 10.3. The van der Waals surface area contributed by atoms with Crippen LogP contribution in [0.3, 0.4) is 0 Å². The highest BCUT2D eigenvalue weighted by molar-refractivity contribution is 5.96. The molecule has 0 bridgehead atoms. The molecule has 1 aliphatic carbocycles. The quantitative estimate of drug-likeness (QED) is 0.469. The molecule has 0 N–H and O–H groups in total. The van der Waals surface area contributed by atoms with E-state index in [0.717, 1.165) is 30.3 Å². The first-order valence-corrected chi connectivity index (χ1v) is 5.09. The Morgan fingerprint density at radius 3 is 2.46 bits per heavy atom. The molecule has 0 heterocycles. The lowest BCUT2D eigenvalue weighted by Gasteiger charge is -2.17. The van der Waals surface area contributed by atoms with Gasteiger partial charge in [-0.3, -0.25) is 5.01 Å². The SMILES string of the molecule is C=C(C)/C(C)=N\N(CC)CC1CC1. The third kappa shape index (κ3) is 3.62. The van der Waals surface area contributed by atoms with Crippen molar-refractivity contribution in [3.63, 3.8) is 0 Å². The lowest BCUT2D eigenvalue weighted by Crippen LogP contribution is -2.21. The Bertz CT molecular complexity index is 214. The van der Waals surface area contributed by atoms with Crippen LogP contribution >= 0.6 is 0 Å². The fourth-order valence-corrected chi connectivity index (χ4v) is 1.14. The topological polar surface area (TPSA) is 15.6 Å². The molecule has 0 aromatic heterocycles. The van der Waals surface area contributed by atoms with E-state index < -0.39 is 0 Å². The molecule has 2 heteroatoms. The van der Waals surface area contributed by atoms with Crippen molar-refractivity contribution in [3.05, 3.63) is 12.2 Å². The molecule has 74 valence electrons. The highest BCUT2D eigenvalue weighted by Gasteiger charge is 2.23. The van der Waals surface area contributed by atoms with Crippen molar-refractivity contribution in [3.8, 4) is 0 Å². The van der Waals surface area contributed by atoms with Crippen LogP contribution in [-0.4, -0.2) is 23.8 Å². The highest BCUT2D eigenvalue weighted by atomic mass is 15.4. The molecule has 0 saturated heterocycles. The van der Waals surface area contributed by atoms with Crippen LogP contribution in [0.25, 0.3) is 0 Å². The van der Waals surface area contributed by atoms with Gasteiger partial charge in [-0.05, 0) is 45.1 Å². The van der Waals surface area contributed by atoms with Crippen LogP contribution in [0.2, 0.25) is 0 Å². The van der Waals surface area contributed by atoms with Gasteiger partial charge in [0.2, 0.25) is 0 Å². The summed E-state index contributed by atoms with van der Waals surface area (Å²) in [5.41, 5.74) is 2.12. The number of nitrogens with zero attached hydrogens (tertiary/aromatic N) is 2. The van der Waals surface area contributed by atoms with Crippen LogP contribution in [0, 0.1) is 5.92 Å². The molecule has 0 spiro atoms. The maximum Gasteiger partial charge on any atom is 0.0597 e. The Morgan fingerprint density at radius 1 is 1.46 bits per heavy atom. The zero-order valence-corrected chi connectivity index (χ0v) is 9.01. The van der Waals surface area contributed by atoms with Crippen LogP contribution in [0.15, 0.2) is 17.3 Å². The molecular weight excluding hydrogens is 160 g/mol. The average molecular weight is 180 g/mol. The van der Waals surface area contributed by atoms with Gasteiger partial charge < -0.3 is 0 Å². The summed E-state index contributed by atoms with van der Waals surface area (Å²) < 4.78 is 0. The molecule has 1 aliphatic rings. The second-order valence-corrected chi connectivity index (χ2v) is 3.91. The van der Waals surface area contributed by atoms with E-state index in [9.17, 15) is 0 Å². The van der Waals surface area contributed by atoms with Crippen molar-refractivity contribution >= 4 is 5.71 Å². The van der Waals surface area contributed by atoms with Gasteiger partial charge in [-0.15, -0.1) is 0 Å². The lowest BCUT2D eigenvalue weighted by molar-refractivity contribution is 0.291. The molecule has 1 saturated carbocycles. The van der Waals surface area contributed by atoms with Crippen LogP contribution in [-0.2, 0) is 0 Å². The average Bonchev–Trinajstić information content (AvgIpc) is 2.86. The van der Waals surface area contributed by atoms with Gasteiger partial charge in [0.1, 0.15) is 0 Å². The van der Waals surface area contributed by atoms with Gasteiger partial charge in [-0.1, -0.05) is 6.58 Å². The standard InChI is InChI=1S/C11H20N2/c1-5-13(8-11-6-7-11)12-10(4)9(2)3/h11H,2,5-8H2,1,3-4H3/b12-10-. The lowest BCUT2D eigenvalue weighted by atomic mass is 10.2. The van der Waals surface area contributed by atoms with E-state index in [0.29, 0.717) is 0 Å². The summed E-state index contributed by atoms with van der Waals surface area (Å²) in [6.07, 6.45) is 2.77. The Morgan fingerprint density at radius 2 is 2.08 bits per heavy atom. The smallest absolute Gasteiger partial charge is 0.0597 e. The van der Waals surface area contributed by atoms with E-state index in [2.05, 4.69) is 23.6 Å². The summed E-state index contributed by atoms with van der Waals surface area (Å²) in [5.74, 6) is 0.904. The minimum absolute atomic E-state index is 0.904. The number of rotatable bonds is 5. The summed E-state index contributed by atoms with van der Waals surface area (Å²) in [5, 5.41) is 6.68. The predicted molar refractivity (Wildman–Crippen MR) is 57.9 cm³/mol. The number of hydrogen-bond acceptors (Lipinski definition) is 2. The molecule has 13 heavy (non-hydrogen) atoms. The third-order valence-corrected chi connectivity index (χ3v) is 2.44. The van der Waals surface area contributed by atoms with Crippen LogP contribution in [0.1, 0.15) is 33.6 Å². The number of hydrazone groups is 1. The molecule has 0 aliphatic heterocycles. The van der Waals surface area contributed by atoms with Crippen LogP contribution in [0.4, 0.5) is 0 Å². The monoisotopic (exact) mass is 180 g/mol. The third-order valence-electron chi connectivity index (χ3n) is 2.44. The van der Waals surface area contributed by atoms with Gasteiger partial charge in [0, 0.05) is 13.1 Å². The van der Waals surface area contributed by atoms with Gasteiger partial charge in [-0.25, -0.2) is 0 Å². The van der Waals surface area contributed by atoms with Crippen molar-refractivity contribution in [2.24, 2.45) is 11.0 Å². The van der Waals surface area contributed by atoms with Crippen molar-refractivity contribution < 1.29 is 0 Å². The van der Waals surface area contributed by atoms with Crippen LogP contribution in [0.5, 0.6) is 0 Å². The van der Waals surface area contributed by atoms with Gasteiger partial charge in [0.05, 0.1) is 5.71 Å². The maximum absolute atomic E-state index is 4.53. The summed E-state index contributed by atoms with van der Waals surface area (Å²) in [4.78, 5) is 0. The second-order valence-electron chi connectivity index (χ2n) is 3.91. The molecule has 0 amide bonds. The maximum atomic E-state index is 4.53. The molecule has 0 unspecified atom stereocenters. The summed E-state index contributed by atoms with van der Waals surface area (Å²) >= 11 is 0. The predicted octanol–water partition coefficient (Wildman–Crippen LogP) is 2.67. The van der Waals surface area contributed by atoms with Gasteiger partial charge in [0.25, 0.3) is 0 Å². The van der Waals surface area contributed by atoms with E-state index in [1.165, 1.54) is 12.8 Å². The van der Waals surface area contributed by atoms with Crippen molar-refractivity contribution in [2.45, 2.75) is 33.6 Å². The fraction of sp³-hybridized carbons (Fsp3) is 0.727. The highest BCUT2D eigenvalue weighted by Crippen LogP contribution is 2.29. The number of hydrogen-bond donors (Lipinski definition) is 0. The van der Waals surface area contributed by atoms with Crippen molar-refractivity contribution in [2.75, 3.05) is 13.1 Å². The summed E-state index contributed by atoms with van der Waals surface area (Å²) in [6.45, 7) is 12.2. The summed E-state index contributed by atoms with van der Waals surface area (Å²) in [7, 11) is 0. The van der Waals surface area contributed by atoms with Crippen molar-refractivity contribution in [1.29, 1.82) is 0 Å². The minimum Gasteiger partial charge on any atom is -0.297 e. The largest absolute Gasteiger partial charge is 0.297 e. The zero-order chi connectivity index (χ0) is 9.84. The van der Waals surface area contributed by atoms with Crippen LogP contribution < -0.4 is 0 Å². The van der Waals surface area contributed by atoms with E-state index >= 15 is 0 Å². The Kier molecular flexibility index (Phi) is 3.52. The normalized spacial score (nSPS) is 17.3. The summed E-state index contributed by atoms with van der Waals surface area (Å²) in [6, 6.07) is 0.